The molecule has 28 heavy (non-hydrogen) atoms. The van der Waals surface area contributed by atoms with Gasteiger partial charge in [0.05, 0.1) is 19.9 Å². The van der Waals surface area contributed by atoms with Crippen LogP contribution >= 0.6 is 34.4 Å². The second-order valence-electron chi connectivity index (χ2n) is 6.31. The minimum Gasteiger partial charge on any atom is -0.501 e. The summed E-state index contributed by atoms with van der Waals surface area (Å²) in [5, 5.41) is 24.0. The Morgan fingerprint density at radius 3 is 2.57 bits per heavy atom. The molecule has 7 nitrogen and oxygen atoms in total. The molecule has 3 rings (SSSR count). The van der Waals surface area contributed by atoms with Gasteiger partial charge in [-0.1, -0.05) is 29.3 Å². The van der Waals surface area contributed by atoms with Crippen LogP contribution in [0.2, 0.25) is 0 Å². The van der Waals surface area contributed by atoms with Crippen LogP contribution in [0.1, 0.15) is 22.3 Å². The highest BCUT2D eigenvalue weighted by atomic mass is 127. The number of nitro groups is 1. The van der Waals surface area contributed by atoms with Gasteiger partial charge >= 0.3 is 5.69 Å². The van der Waals surface area contributed by atoms with Crippen LogP contribution in [0.3, 0.4) is 0 Å². The molecule has 0 radical (unpaired) electrons. The molecule has 0 atom stereocenters. The first-order chi connectivity index (χ1) is 13.2. The summed E-state index contributed by atoms with van der Waals surface area (Å²) in [6, 6.07) is 9.00. The van der Waals surface area contributed by atoms with Crippen LogP contribution in [0.15, 0.2) is 40.2 Å². The molecule has 2 N–H and O–H groups in total. The molecule has 2 aromatic carbocycles. The van der Waals surface area contributed by atoms with Crippen molar-refractivity contribution in [2.75, 3.05) is 0 Å². The highest BCUT2D eigenvalue weighted by molar-refractivity contribution is 14.1. The highest BCUT2D eigenvalue weighted by Crippen LogP contribution is 2.34. The van der Waals surface area contributed by atoms with E-state index >= 15 is 0 Å². The molecule has 0 bridgehead atoms. The zero-order valence-electron chi connectivity index (χ0n) is 15.0. The molecule has 1 heterocycles. The molecule has 0 spiro atoms. The molecule has 1 fully saturated rings. The molecule has 2 aromatic rings. The van der Waals surface area contributed by atoms with Crippen molar-refractivity contribution < 1.29 is 14.8 Å². The van der Waals surface area contributed by atoms with Crippen molar-refractivity contribution in [3.63, 3.8) is 0 Å². The quantitative estimate of drug-likeness (QED) is 0.277. The molecule has 144 valence electrons. The van der Waals surface area contributed by atoms with E-state index in [4.69, 9.17) is 0 Å². The van der Waals surface area contributed by atoms with Gasteiger partial charge in [0, 0.05) is 6.07 Å². The van der Waals surface area contributed by atoms with Crippen molar-refractivity contribution in [1.29, 1.82) is 0 Å². The van der Waals surface area contributed by atoms with E-state index in [0.717, 1.165) is 16.7 Å². The summed E-state index contributed by atoms with van der Waals surface area (Å²) in [6.45, 7) is 4.49. The van der Waals surface area contributed by atoms with Gasteiger partial charge in [-0.25, -0.2) is 0 Å². The lowest BCUT2D eigenvalue weighted by molar-refractivity contribution is -0.386. The van der Waals surface area contributed by atoms with Crippen molar-refractivity contribution in [3.8, 4) is 5.75 Å². The maximum absolute atomic E-state index is 12.2. The zero-order valence-corrected chi connectivity index (χ0v) is 18.0. The predicted octanol–water partition coefficient (Wildman–Crippen LogP) is 4.28. The van der Waals surface area contributed by atoms with Crippen LogP contribution in [0.25, 0.3) is 6.08 Å². The average Bonchev–Trinajstić information content (AvgIpc) is 2.95. The third-order valence-corrected chi connectivity index (χ3v) is 5.67. The summed E-state index contributed by atoms with van der Waals surface area (Å²) in [5.41, 5.74) is 3.43. The van der Waals surface area contributed by atoms with Crippen LogP contribution in [0.5, 0.6) is 5.75 Å². The van der Waals surface area contributed by atoms with Crippen molar-refractivity contribution in [2.45, 2.75) is 20.4 Å². The number of nitro benzene ring substituents is 1. The molecule has 0 saturated carbocycles. The summed E-state index contributed by atoms with van der Waals surface area (Å²) in [4.78, 5) is 27.5. The summed E-state index contributed by atoms with van der Waals surface area (Å²) < 4.78 is 0.339. The van der Waals surface area contributed by atoms with Crippen LogP contribution in [-0.4, -0.2) is 21.1 Å². The number of nitrogens with one attached hydrogen (secondary N) is 1. The zero-order chi connectivity index (χ0) is 20.4. The summed E-state index contributed by atoms with van der Waals surface area (Å²) >= 11 is 3.00. The Labute approximate surface area is 179 Å². The van der Waals surface area contributed by atoms with Gasteiger partial charge in [0.1, 0.15) is 0 Å². The van der Waals surface area contributed by atoms with Gasteiger partial charge in [-0.15, -0.1) is 0 Å². The van der Waals surface area contributed by atoms with Crippen molar-refractivity contribution in [1.82, 2.24) is 5.32 Å². The first kappa shape index (κ1) is 20.3. The molecular formula is C19H16IN3O4S. The third-order valence-electron chi connectivity index (χ3n) is 3.90. The number of hydrogen-bond acceptors (Lipinski definition) is 6. The number of carbonyl (C=O) groups excluding carboxylic acids is 1. The van der Waals surface area contributed by atoms with E-state index in [1.54, 1.807) is 12.1 Å². The monoisotopic (exact) mass is 509 g/mol. The number of aliphatic imine (C=N–C) groups is 1. The number of aryl methyl sites for hydroxylation is 2. The van der Waals surface area contributed by atoms with Gasteiger partial charge in [0.15, 0.2) is 5.17 Å². The fourth-order valence-corrected chi connectivity index (χ4v) is 4.26. The first-order valence-corrected chi connectivity index (χ1v) is 10.1. The van der Waals surface area contributed by atoms with E-state index in [1.165, 1.54) is 17.8 Å². The van der Waals surface area contributed by atoms with Crippen LogP contribution in [-0.2, 0) is 11.3 Å². The van der Waals surface area contributed by atoms with Gasteiger partial charge in [-0.05, 0) is 71.5 Å². The lowest BCUT2D eigenvalue weighted by atomic mass is 10.1. The van der Waals surface area contributed by atoms with Crippen LogP contribution in [0.4, 0.5) is 5.69 Å². The standard InChI is InChI=1S/C19H16IN3O4S/c1-10-3-11(2)5-13(4-10)9-21-19-22-18(25)16(28-19)8-12-6-14(20)17(24)15(7-12)23(26)27/h3-8,24H,9H2,1-2H3,(H,21,22,25)/b16-8-. The van der Waals surface area contributed by atoms with Gasteiger partial charge in [0.25, 0.3) is 5.91 Å². The Kier molecular flexibility index (Phi) is 6.04. The largest absolute Gasteiger partial charge is 0.501 e. The van der Waals surface area contributed by atoms with Gasteiger partial charge < -0.3 is 10.4 Å². The topological polar surface area (TPSA) is 105 Å². The Morgan fingerprint density at radius 1 is 1.25 bits per heavy atom. The van der Waals surface area contributed by atoms with E-state index < -0.39 is 10.6 Å². The van der Waals surface area contributed by atoms with E-state index in [1.807, 2.05) is 48.6 Å². The smallest absolute Gasteiger partial charge is 0.312 e. The SMILES string of the molecule is Cc1cc(C)cc(CN=C2NC(=O)/C(=C/c3cc(I)c(O)c([N+](=O)[O-])c3)S2)c1. The number of amidine groups is 1. The molecule has 1 amide bonds. The summed E-state index contributed by atoms with van der Waals surface area (Å²) in [7, 11) is 0. The molecule has 0 aliphatic carbocycles. The molecular weight excluding hydrogens is 493 g/mol. The van der Waals surface area contributed by atoms with Crippen molar-refractivity contribution in [2.24, 2.45) is 4.99 Å². The van der Waals surface area contributed by atoms with Gasteiger partial charge in [0.2, 0.25) is 5.75 Å². The molecule has 0 aromatic heterocycles. The molecule has 1 saturated heterocycles. The number of hydrogen-bond donors (Lipinski definition) is 2. The number of thioether (sulfide) groups is 1. The van der Waals surface area contributed by atoms with Gasteiger partial charge in [-0.2, -0.15) is 0 Å². The van der Waals surface area contributed by atoms with Crippen molar-refractivity contribution in [3.05, 3.63) is 71.2 Å². The number of aromatic hydroxyl groups is 1. The first-order valence-electron chi connectivity index (χ1n) is 8.22. The Bertz CT molecular complexity index is 1030. The molecule has 0 unspecified atom stereocenters. The average molecular weight is 509 g/mol. The summed E-state index contributed by atoms with van der Waals surface area (Å²) in [5.74, 6) is -0.693. The number of amides is 1. The number of halogens is 1. The van der Waals surface area contributed by atoms with E-state index in [0.29, 0.717) is 25.8 Å². The number of phenolic OH excluding ortho intramolecular Hbond substituents is 1. The second-order valence-corrected chi connectivity index (χ2v) is 8.50. The van der Waals surface area contributed by atoms with Gasteiger partial charge in [-0.3, -0.25) is 19.9 Å². The predicted molar refractivity (Wildman–Crippen MR) is 118 cm³/mol. The number of nitrogens with zero attached hydrogens (tertiary/aromatic N) is 2. The maximum atomic E-state index is 12.2. The Hall–Kier alpha value is -2.40. The minimum atomic E-state index is -0.655. The highest BCUT2D eigenvalue weighted by Gasteiger charge is 2.24. The van der Waals surface area contributed by atoms with Crippen LogP contribution < -0.4 is 5.32 Å². The normalized spacial score (nSPS) is 16.6. The second kappa shape index (κ2) is 8.31. The summed E-state index contributed by atoms with van der Waals surface area (Å²) in [6.07, 6.45) is 1.55. The molecule has 1 aliphatic rings. The van der Waals surface area contributed by atoms with Crippen LogP contribution in [0, 0.1) is 27.5 Å². The maximum Gasteiger partial charge on any atom is 0.312 e. The number of benzene rings is 2. The van der Waals surface area contributed by atoms with E-state index in [-0.39, 0.29) is 11.7 Å². The van der Waals surface area contributed by atoms with E-state index in [2.05, 4.69) is 16.4 Å². The Balaban J connectivity index is 1.82. The lowest BCUT2D eigenvalue weighted by Crippen LogP contribution is -2.19. The fourth-order valence-electron chi connectivity index (χ4n) is 2.80. The minimum absolute atomic E-state index is 0.310. The van der Waals surface area contributed by atoms with Crippen molar-refractivity contribution >= 4 is 57.2 Å². The lowest BCUT2D eigenvalue weighted by Gasteiger charge is -2.02. The molecule has 1 aliphatic heterocycles. The molecule has 9 heteroatoms. The number of phenols is 1. The number of carbonyl (C=O) groups is 1. The van der Waals surface area contributed by atoms with E-state index in [9.17, 15) is 20.0 Å². The Morgan fingerprint density at radius 2 is 1.93 bits per heavy atom. The third kappa shape index (κ3) is 4.71. The fraction of sp³-hybridized carbons (Fsp3) is 0.158. The number of rotatable bonds is 4.